The van der Waals surface area contributed by atoms with Crippen molar-refractivity contribution in [3.8, 4) is 0 Å². The van der Waals surface area contributed by atoms with Crippen LogP contribution in [0.1, 0.15) is 30.0 Å². The summed E-state index contributed by atoms with van der Waals surface area (Å²) in [5, 5.41) is 3.69. The molecule has 1 aliphatic rings. The minimum absolute atomic E-state index is 0.336. The van der Waals surface area contributed by atoms with E-state index in [4.69, 9.17) is 0 Å². The fourth-order valence-corrected chi connectivity index (χ4v) is 3.73. The Hall–Kier alpha value is -0.380. The number of benzene rings is 1. The van der Waals surface area contributed by atoms with E-state index in [-0.39, 0.29) is 0 Å². The lowest BCUT2D eigenvalue weighted by Gasteiger charge is -2.34. The quantitative estimate of drug-likeness (QED) is 0.741. The molecule has 2 atom stereocenters. The van der Waals surface area contributed by atoms with E-state index in [1.807, 2.05) is 12.2 Å². The van der Waals surface area contributed by atoms with Crippen molar-refractivity contribution < 1.29 is 0 Å². The van der Waals surface area contributed by atoms with Gasteiger partial charge < -0.3 is 5.32 Å². The van der Waals surface area contributed by atoms with Crippen LogP contribution in [0.15, 0.2) is 46.4 Å². The summed E-state index contributed by atoms with van der Waals surface area (Å²) in [5.74, 6) is 0. The second kappa shape index (κ2) is 6.18. The Bertz CT molecular complexity index is 468. The van der Waals surface area contributed by atoms with E-state index in [2.05, 4.69) is 62.5 Å². The Balaban J connectivity index is 2.43. The van der Waals surface area contributed by atoms with Crippen molar-refractivity contribution in [1.29, 1.82) is 0 Å². The van der Waals surface area contributed by atoms with Crippen molar-refractivity contribution in [2.75, 3.05) is 0 Å². The number of halogens is 2. The number of nitrogens with one attached hydrogen (secondary N) is 1. The van der Waals surface area contributed by atoms with Crippen LogP contribution in [0, 0.1) is 0 Å². The van der Waals surface area contributed by atoms with Crippen LogP contribution in [0.3, 0.4) is 0 Å². The van der Waals surface area contributed by atoms with Gasteiger partial charge in [-0.3, -0.25) is 0 Å². The first-order valence-corrected chi connectivity index (χ1v) is 7.70. The van der Waals surface area contributed by atoms with Gasteiger partial charge in [0.15, 0.2) is 0 Å². The van der Waals surface area contributed by atoms with E-state index >= 15 is 0 Å². The normalized spacial score (nSPS) is 22.3. The van der Waals surface area contributed by atoms with Crippen molar-refractivity contribution in [2.45, 2.75) is 31.3 Å². The van der Waals surface area contributed by atoms with E-state index in [0.717, 1.165) is 19.3 Å². The van der Waals surface area contributed by atoms with Gasteiger partial charge in [-0.25, -0.2) is 0 Å². The molecule has 96 valence electrons. The second-order valence-electron chi connectivity index (χ2n) is 4.59. The molecule has 0 aliphatic carbocycles. The summed E-state index contributed by atoms with van der Waals surface area (Å²) in [4.78, 5) is 0. The smallest absolute Gasteiger partial charge is 0.0371 e. The highest BCUT2D eigenvalue weighted by Gasteiger charge is 2.27. The van der Waals surface area contributed by atoms with Gasteiger partial charge in [0.25, 0.3) is 0 Å². The molecule has 0 spiro atoms. The van der Waals surface area contributed by atoms with Gasteiger partial charge in [0.05, 0.1) is 0 Å². The monoisotopic (exact) mass is 369 g/mol. The molecule has 0 amide bonds. The third kappa shape index (κ3) is 2.79. The summed E-state index contributed by atoms with van der Waals surface area (Å²) in [6, 6.07) is 5.02. The van der Waals surface area contributed by atoms with Gasteiger partial charge in [-0.2, -0.15) is 0 Å². The molecule has 1 nitrogen and oxygen atoms in total. The summed E-state index contributed by atoms with van der Waals surface area (Å²) >= 11 is 7.34. The van der Waals surface area contributed by atoms with Crippen molar-refractivity contribution in [1.82, 2.24) is 5.32 Å². The van der Waals surface area contributed by atoms with Crippen LogP contribution in [0.5, 0.6) is 0 Å². The SMILES string of the molecule is C=CC[C@@H]1Cc2c(Br)ccc(Br)c2[C@@H](CC=C)N1. The van der Waals surface area contributed by atoms with E-state index in [0.29, 0.717) is 12.1 Å². The molecule has 2 rings (SSSR count). The van der Waals surface area contributed by atoms with Crippen LogP contribution in [0.2, 0.25) is 0 Å². The van der Waals surface area contributed by atoms with Crippen LogP contribution in [-0.2, 0) is 6.42 Å². The maximum atomic E-state index is 3.86. The minimum Gasteiger partial charge on any atom is -0.306 e. The lowest BCUT2D eigenvalue weighted by atomic mass is 9.87. The van der Waals surface area contributed by atoms with Crippen LogP contribution >= 0.6 is 31.9 Å². The number of rotatable bonds is 4. The van der Waals surface area contributed by atoms with Gasteiger partial charge in [-0.1, -0.05) is 44.0 Å². The fourth-order valence-electron chi connectivity index (χ4n) is 2.57. The third-order valence-corrected chi connectivity index (χ3v) is 4.77. The van der Waals surface area contributed by atoms with Crippen molar-refractivity contribution >= 4 is 31.9 Å². The molecule has 0 saturated carbocycles. The number of hydrogen-bond donors (Lipinski definition) is 1. The predicted octanol–water partition coefficient (Wildman–Crippen LogP) is 4.92. The molecule has 1 aliphatic heterocycles. The highest BCUT2D eigenvalue weighted by molar-refractivity contribution is 9.11. The largest absolute Gasteiger partial charge is 0.306 e. The topological polar surface area (TPSA) is 12.0 Å². The molecule has 1 aromatic rings. The Kier molecular flexibility index (Phi) is 4.82. The first-order valence-electron chi connectivity index (χ1n) is 6.12. The molecule has 1 N–H and O–H groups in total. The molecular formula is C15H17Br2N. The molecule has 3 heteroatoms. The van der Waals surface area contributed by atoms with E-state index in [1.54, 1.807) is 0 Å². The van der Waals surface area contributed by atoms with Crippen molar-refractivity contribution in [3.05, 3.63) is 57.5 Å². The predicted molar refractivity (Wildman–Crippen MR) is 84.8 cm³/mol. The molecule has 0 aromatic heterocycles. The van der Waals surface area contributed by atoms with Gasteiger partial charge in [0.1, 0.15) is 0 Å². The zero-order chi connectivity index (χ0) is 13.1. The van der Waals surface area contributed by atoms with Crippen molar-refractivity contribution in [2.24, 2.45) is 0 Å². The maximum absolute atomic E-state index is 3.86. The van der Waals surface area contributed by atoms with Crippen LogP contribution < -0.4 is 5.32 Å². The summed E-state index contributed by atoms with van der Waals surface area (Å²) in [6.45, 7) is 7.70. The Morgan fingerprint density at radius 2 is 1.83 bits per heavy atom. The van der Waals surface area contributed by atoms with Crippen LogP contribution in [0.25, 0.3) is 0 Å². The highest BCUT2D eigenvalue weighted by atomic mass is 79.9. The lowest BCUT2D eigenvalue weighted by Crippen LogP contribution is -2.39. The maximum Gasteiger partial charge on any atom is 0.0371 e. The van der Waals surface area contributed by atoms with Gasteiger partial charge in [0.2, 0.25) is 0 Å². The Labute approximate surface area is 126 Å². The average molecular weight is 371 g/mol. The molecule has 1 aromatic carbocycles. The van der Waals surface area contributed by atoms with Crippen LogP contribution in [-0.4, -0.2) is 6.04 Å². The highest BCUT2D eigenvalue weighted by Crippen LogP contribution is 2.38. The van der Waals surface area contributed by atoms with Gasteiger partial charge >= 0.3 is 0 Å². The summed E-state index contributed by atoms with van der Waals surface area (Å²) in [5.41, 5.74) is 2.77. The Morgan fingerprint density at radius 3 is 2.50 bits per heavy atom. The standard InChI is InChI=1S/C15H17Br2N/c1-3-5-10-9-11-12(16)7-8-13(17)15(11)14(18-10)6-4-2/h3-4,7-8,10,14,18H,1-2,5-6,9H2/t10-,14-/m1/s1. The fraction of sp³-hybridized carbons (Fsp3) is 0.333. The van der Waals surface area contributed by atoms with Gasteiger partial charge in [-0.15, -0.1) is 13.2 Å². The van der Waals surface area contributed by atoms with Gasteiger partial charge in [0, 0.05) is 21.0 Å². The molecule has 18 heavy (non-hydrogen) atoms. The zero-order valence-electron chi connectivity index (χ0n) is 10.3. The first kappa shape index (κ1) is 14.0. The van der Waals surface area contributed by atoms with Crippen LogP contribution in [0.4, 0.5) is 0 Å². The van der Waals surface area contributed by atoms with Gasteiger partial charge in [-0.05, 0) is 42.5 Å². The first-order chi connectivity index (χ1) is 8.67. The molecule has 0 radical (unpaired) electrons. The lowest BCUT2D eigenvalue weighted by molar-refractivity contribution is 0.403. The van der Waals surface area contributed by atoms with Crippen molar-refractivity contribution in [3.63, 3.8) is 0 Å². The minimum atomic E-state index is 0.336. The number of fused-ring (bicyclic) bond motifs is 1. The molecule has 1 heterocycles. The molecule has 0 bridgehead atoms. The zero-order valence-corrected chi connectivity index (χ0v) is 13.4. The summed E-state index contributed by atoms with van der Waals surface area (Å²) in [7, 11) is 0. The summed E-state index contributed by atoms with van der Waals surface area (Å²) in [6.07, 6.45) is 6.93. The third-order valence-electron chi connectivity index (χ3n) is 3.34. The molecular weight excluding hydrogens is 354 g/mol. The average Bonchev–Trinajstić information content (AvgIpc) is 2.34. The second-order valence-corrected chi connectivity index (χ2v) is 6.30. The van der Waals surface area contributed by atoms with E-state index in [9.17, 15) is 0 Å². The molecule has 0 unspecified atom stereocenters. The Morgan fingerprint density at radius 1 is 1.17 bits per heavy atom. The van der Waals surface area contributed by atoms with E-state index < -0.39 is 0 Å². The van der Waals surface area contributed by atoms with E-state index in [1.165, 1.54) is 20.1 Å². The summed E-state index contributed by atoms with van der Waals surface area (Å²) < 4.78 is 2.38. The molecule has 0 saturated heterocycles. The molecule has 0 fully saturated rings. The number of hydrogen-bond acceptors (Lipinski definition) is 1.